The first-order chi connectivity index (χ1) is 10.3. The molecule has 0 aliphatic rings. The van der Waals surface area contributed by atoms with Crippen molar-refractivity contribution in [1.82, 2.24) is 0 Å². The first-order valence-electron chi connectivity index (χ1n) is 7.44. The number of carbonyl (C=O) groups excluding carboxylic acids is 2. The minimum absolute atomic E-state index is 0.0822. The molecular formula is C18H24O4. The number of aryl methyl sites for hydroxylation is 2. The predicted molar refractivity (Wildman–Crippen MR) is 86.7 cm³/mol. The molecule has 0 heterocycles. The molecule has 4 heteroatoms. The molecule has 0 saturated carbocycles. The molecule has 1 aromatic rings. The molecule has 1 N–H and O–H groups in total. The molecule has 0 bridgehead atoms. The molecule has 1 rings (SSSR count). The number of esters is 1. The first-order valence-corrected chi connectivity index (χ1v) is 7.44. The third-order valence-corrected chi connectivity index (χ3v) is 3.45. The van der Waals surface area contributed by atoms with E-state index in [1.165, 1.54) is 0 Å². The van der Waals surface area contributed by atoms with Gasteiger partial charge >= 0.3 is 5.97 Å². The summed E-state index contributed by atoms with van der Waals surface area (Å²) in [5.41, 5.74) is 3.87. The Morgan fingerprint density at radius 1 is 1.09 bits per heavy atom. The average molecular weight is 304 g/mol. The number of ether oxygens (including phenoxy) is 1. The van der Waals surface area contributed by atoms with Gasteiger partial charge in [-0.15, -0.1) is 0 Å². The van der Waals surface area contributed by atoms with Crippen molar-refractivity contribution in [2.24, 2.45) is 0 Å². The number of phenolic OH excluding ortho intramolecular Hbond substituents is 1. The van der Waals surface area contributed by atoms with Crippen LogP contribution in [0.15, 0.2) is 17.7 Å². The lowest BCUT2D eigenvalue weighted by Crippen LogP contribution is -2.10. The van der Waals surface area contributed by atoms with E-state index in [1.54, 1.807) is 19.9 Å². The molecule has 22 heavy (non-hydrogen) atoms. The zero-order chi connectivity index (χ0) is 16.9. The number of ketones is 1. The Morgan fingerprint density at radius 2 is 1.73 bits per heavy atom. The summed E-state index contributed by atoms with van der Waals surface area (Å²) < 4.78 is 4.86. The summed E-state index contributed by atoms with van der Waals surface area (Å²) >= 11 is 0. The molecule has 1 aromatic carbocycles. The SMILES string of the molecule is CCOC(=O)CCC(=O)C(=C(C)C)c1cc(C)c(O)cc1C. The second-order valence-electron chi connectivity index (χ2n) is 5.56. The van der Waals surface area contributed by atoms with Crippen LogP contribution < -0.4 is 0 Å². The third-order valence-electron chi connectivity index (χ3n) is 3.45. The zero-order valence-corrected chi connectivity index (χ0v) is 13.9. The van der Waals surface area contributed by atoms with Gasteiger partial charge in [-0.25, -0.2) is 0 Å². The smallest absolute Gasteiger partial charge is 0.306 e. The fraction of sp³-hybridized carbons (Fsp3) is 0.444. The molecule has 0 atom stereocenters. The highest BCUT2D eigenvalue weighted by Gasteiger charge is 2.18. The second-order valence-corrected chi connectivity index (χ2v) is 5.56. The van der Waals surface area contributed by atoms with E-state index >= 15 is 0 Å². The molecule has 4 nitrogen and oxygen atoms in total. The normalized spacial score (nSPS) is 10.2. The van der Waals surface area contributed by atoms with Crippen molar-refractivity contribution in [3.8, 4) is 5.75 Å². The summed E-state index contributed by atoms with van der Waals surface area (Å²) in [6, 6.07) is 3.47. The van der Waals surface area contributed by atoms with Gasteiger partial charge in [0.25, 0.3) is 0 Å². The lowest BCUT2D eigenvalue weighted by Gasteiger charge is -2.14. The van der Waals surface area contributed by atoms with Crippen LogP contribution >= 0.6 is 0 Å². The monoisotopic (exact) mass is 304 g/mol. The third kappa shape index (κ3) is 4.45. The number of hydrogen-bond donors (Lipinski definition) is 1. The van der Waals surface area contributed by atoms with Gasteiger partial charge in [-0.05, 0) is 63.4 Å². The molecule has 0 aromatic heterocycles. The molecule has 0 aliphatic heterocycles. The summed E-state index contributed by atoms with van der Waals surface area (Å²) in [5.74, 6) is -0.225. The van der Waals surface area contributed by atoms with Crippen molar-refractivity contribution in [1.29, 1.82) is 0 Å². The van der Waals surface area contributed by atoms with Crippen molar-refractivity contribution in [3.05, 3.63) is 34.4 Å². The fourth-order valence-electron chi connectivity index (χ4n) is 2.34. The molecule has 0 radical (unpaired) electrons. The van der Waals surface area contributed by atoms with Crippen LogP contribution in [0.1, 0.15) is 50.3 Å². The van der Waals surface area contributed by atoms with Gasteiger partial charge in [-0.3, -0.25) is 9.59 Å². The number of hydrogen-bond acceptors (Lipinski definition) is 4. The number of allylic oxidation sites excluding steroid dienone is 2. The molecule has 0 fully saturated rings. The van der Waals surface area contributed by atoms with Crippen molar-refractivity contribution in [3.63, 3.8) is 0 Å². The number of rotatable bonds is 6. The topological polar surface area (TPSA) is 63.6 Å². The maximum Gasteiger partial charge on any atom is 0.306 e. The lowest BCUT2D eigenvalue weighted by atomic mass is 9.90. The maximum atomic E-state index is 12.5. The number of benzene rings is 1. The van der Waals surface area contributed by atoms with Crippen LogP contribution in [-0.4, -0.2) is 23.5 Å². The predicted octanol–water partition coefficient (Wildman–Crippen LogP) is 3.71. The fourth-order valence-corrected chi connectivity index (χ4v) is 2.34. The van der Waals surface area contributed by atoms with E-state index < -0.39 is 0 Å². The van der Waals surface area contributed by atoms with E-state index in [1.807, 2.05) is 26.8 Å². The molecule has 120 valence electrons. The standard InChI is InChI=1S/C18H24O4/c1-6-22-17(21)8-7-15(19)18(11(2)3)14-9-13(5)16(20)10-12(14)4/h9-10,20H,6-8H2,1-5H3. The van der Waals surface area contributed by atoms with Gasteiger partial charge in [0.15, 0.2) is 5.78 Å². The van der Waals surface area contributed by atoms with Crippen LogP contribution in [0.4, 0.5) is 0 Å². The molecule has 0 unspecified atom stereocenters. The zero-order valence-electron chi connectivity index (χ0n) is 13.9. The van der Waals surface area contributed by atoms with Gasteiger partial charge in [0.05, 0.1) is 13.0 Å². The van der Waals surface area contributed by atoms with Crippen LogP contribution in [0.5, 0.6) is 5.75 Å². The highest BCUT2D eigenvalue weighted by molar-refractivity contribution is 6.22. The van der Waals surface area contributed by atoms with Crippen LogP contribution in [-0.2, 0) is 14.3 Å². The second kappa shape index (κ2) is 7.78. The van der Waals surface area contributed by atoms with Gasteiger partial charge in [0.2, 0.25) is 0 Å². The summed E-state index contributed by atoms with van der Waals surface area (Å²) in [6.45, 7) is 9.46. The van der Waals surface area contributed by atoms with Gasteiger partial charge < -0.3 is 9.84 Å². The lowest BCUT2D eigenvalue weighted by molar-refractivity contribution is -0.144. The molecule has 0 spiro atoms. The Labute approximate surface area is 131 Å². The Bertz CT molecular complexity index is 608. The van der Waals surface area contributed by atoms with E-state index in [-0.39, 0.29) is 30.3 Å². The quantitative estimate of drug-likeness (QED) is 0.642. The van der Waals surface area contributed by atoms with Crippen LogP contribution in [0.25, 0.3) is 5.57 Å². The van der Waals surface area contributed by atoms with Crippen LogP contribution in [0, 0.1) is 13.8 Å². The highest BCUT2D eigenvalue weighted by Crippen LogP contribution is 2.29. The van der Waals surface area contributed by atoms with Crippen molar-refractivity contribution < 1.29 is 19.4 Å². The summed E-state index contributed by atoms with van der Waals surface area (Å²) in [5, 5.41) is 9.76. The summed E-state index contributed by atoms with van der Waals surface area (Å²) in [6.07, 6.45) is 0.207. The Morgan fingerprint density at radius 3 is 2.27 bits per heavy atom. The Hall–Kier alpha value is -2.10. The Kier molecular flexibility index (Phi) is 6.35. The van der Waals surface area contributed by atoms with E-state index in [9.17, 15) is 14.7 Å². The Balaban J connectivity index is 3.06. The van der Waals surface area contributed by atoms with Crippen LogP contribution in [0.2, 0.25) is 0 Å². The molecule has 0 amide bonds. The van der Waals surface area contributed by atoms with E-state index in [0.29, 0.717) is 12.2 Å². The average Bonchev–Trinajstić information content (AvgIpc) is 2.42. The number of phenols is 1. The largest absolute Gasteiger partial charge is 0.508 e. The van der Waals surface area contributed by atoms with Gasteiger partial charge in [0, 0.05) is 12.0 Å². The maximum absolute atomic E-state index is 12.5. The number of carbonyl (C=O) groups is 2. The minimum atomic E-state index is -0.359. The number of aromatic hydroxyl groups is 1. The van der Waals surface area contributed by atoms with E-state index in [2.05, 4.69) is 0 Å². The van der Waals surface area contributed by atoms with Crippen molar-refractivity contribution in [2.75, 3.05) is 6.61 Å². The van der Waals surface area contributed by atoms with Gasteiger partial charge in [-0.1, -0.05) is 5.57 Å². The minimum Gasteiger partial charge on any atom is -0.508 e. The van der Waals surface area contributed by atoms with Crippen molar-refractivity contribution >= 4 is 17.3 Å². The summed E-state index contributed by atoms with van der Waals surface area (Å²) in [4.78, 5) is 23.9. The number of Topliss-reactive ketones (excluding diaryl/α,β-unsaturated/α-hetero) is 1. The van der Waals surface area contributed by atoms with E-state index in [0.717, 1.165) is 22.3 Å². The van der Waals surface area contributed by atoms with Gasteiger partial charge in [-0.2, -0.15) is 0 Å². The summed E-state index contributed by atoms with van der Waals surface area (Å²) in [7, 11) is 0. The molecule has 0 saturated heterocycles. The highest BCUT2D eigenvalue weighted by atomic mass is 16.5. The molecule has 0 aliphatic carbocycles. The van der Waals surface area contributed by atoms with Crippen molar-refractivity contribution in [2.45, 2.75) is 47.5 Å². The first kappa shape index (κ1) is 18.0. The molecular weight excluding hydrogens is 280 g/mol. The van der Waals surface area contributed by atoms with Crippen LogP contribution in [0.3, 0.4) is 0 Å². The van der Waals surface area contributed by atoms with E-state index in [4.69, 9.17) is 4.74 Å². The van der Waals surface area contributed by atoms with Gasteiger partial charge in [0.1, 0.15) is 5.75 Å².